The van der Waals surface area contributed by atoms with Crippen LogP contribution in [0.3, 0.4) is 0 Å². The van der Waals surface area contributed by atoms with Crippen LogP contribution in [0.15, 0.2) is 36.4 Å². The summed E-state index contributed by atoms with van der Waals surface area (Å²) in [7, 11) is -1.87. The fourth-order valence-electron chi connectivity index (χ4n) is 1.63. The van der Waals surface area contributed by atoms with E-state index in [1.807, 2.05) is 0 Å². The first-order valence-electron chi connectivity index (χ1n) is 5.69. The zero-order valence-corrected chi connectivity index (χ0v) is 11.7. The number of rotatable bonds is 4. The molecule has 0 saturated carbocycles. The van der Waals surface area contributed by atoms with Crippen LogP contribution >= 0.6 is 23.2 Å². The lowest BCUT2D eigenvalue weighted by molar-refractivity contribution is 0.306. The molecule has 20 heavy (non-hydrogen) atoms. The SMILES string of the molecule is OB(O)c1cc(COc2ccc(Cl)cc2Cl)ccc1F. The van der Waals surface area contributed by atoms with E-state index in [2.05, 4.69) is 0 Å². The summed E-state index contributed by atoms with van der Waals surface area (Å²) in [6, 6.07) is 8.77. The Bertz CT molecular complexity index is 623. The number of halogens is 3. The third-order valence-electron chi connectivity index (χ3n) is 2.63. The standard InChI is InChI=1S/C13H10BCl2FO3/c15-9-2-4-13(11(16)6-9)20-7-8-1-3-12(17)10(5-8)14(18)19/h1-6,18-19H,7H2. The van der Waals surface area contributed by atoms with Crippen LogP contribution in [-0.4, -0.2) is 17.2 Å². The molecule has 0 fully saturated rings. The summed E-state index contributed by atoms with van der Waals surface area (Å²) >= 11 is 11.7. The van der Waals surface area contributed by atoms with E-state index in [9.17, 15) is 4.39 Å². The smallest absolute Gasteiger partial charge is 0.487 e. The monoisotopic (exact) mass is 314 g/mol. The molecule has 3 nitrogen and oxygen atoms in total. The molecular formula is C13H10BCl2FO3. The summed E-state index contributed by atoms with van der Waals surface area (Å²) in [5, 5.41) is 18.9. The molecule has 0 atom stereocenters. The first-order chi connectivity index (χ1) is 9.47. The van der Waals surface area contributed by atoms with Gasteiger partial charge in [-0.1, -0.05) is 35.3 Å². The van der Waals surface area contributed by atoms with Gasteiger partial charge in [-0.2, -0.15) is 0 Å². The average molecular weight is 315 g/mol. The Labute approximate surface area is 125 Å². The van der Waals surface area contributed by atoms with Crippen molar-refractivity contribution in [1.82, 2.24) is 0 Å². The predicted molar refractivity (Wildman–Crippen MR) is 77.0 cm³/mol. The Hall–Kier alpha value is -1.27. The number of hydrogen-bond donors (Lipinski definition) is 2. The van der Waals surface area contributed by atoms with Crippen molar-refractivity contribution in [3.8, 4) is 5.75 Å². The van der Waals surface area contributed by atoms with Crippen molar-refractivity contribution in [3.05, 3.63) is 57.8 Å². The molecule has 2 aromatic rings. The van der Waals surface area contributed by atoms with Gasteiger partial charge >= 0.3 is 7.12 Å². The Morgan fingerprint density at radius 1 is 1.10 bits per heavy atom. The van der Waals surface area contributed by atoms with Gasteiger partial charge < -0.3 is 14.8 Å². The van der Waals surface area contributed by atoms with Crippen molar-refractivity contribution in [2.75, 3.05) is 0 Å². The van der Waals surface area contributed by atoms with Crippen LogP contribution < -0.4 is 10.2 Å². The first kappa shape index (κ1) is 15.1. The molecule has 0 unspecified atom stereocenters. The van der Waals surface area contributed by atoms with Gasteiger partial charge in [0.05, 0.1) is 5.02 Å². The molecule has 0 radical (unpaired) electrons. The second kappa shape index (κ2) is 6.46. The maximum atomic E-state index is 13.3. The summed E-state index contributed by atoms with van der Waals surface area (Å²) in [5.41, 5.74) is 0.383. The van der Waals surface area contributed by atoms with E-state index in [0.29, 0.717) is 21.4 Å². The molecular weight excluding hydrogens is 305 g/mol. The Morgan fingerprint density at radius 2 is 1.85 bits per heavy atom. The highest BCUT2D eigenvalue weighted by molar-refractivity contribution is 6.58. The van der Waals surface area contributed by atoms with Crippen molar-refractivity contribution in [1.29, 1.82) is 0 Å². The highest BCUT2D eigenvalue weighted by Gasteiger charge is 2.17. The zero-order chi connectivity index (χ0) is 14.7. The maximum Gasteiger partial charge on any atom is 0.491 e. The third kappa shape index (κ3) is 3.64. The third-order valence-corrected chi connectivity index (χ3v) is 3.16. The van der Waals surface area contributed by atoms with Crippen molar-refractivity contribution in [2.24, 2.45) is 0 Å². The Balaban J connectivity index is 2.13. The Kier molecular flexibility index (Phi) is 4.88. The minimum absolute atomic E-state index is 0.112. The fraction of sp³-hybridized carbons (Fsp3) is 0.0769. The molecule has 0 bridgehead atoms. The molecule has 0 heterocycles. The van der Waals surface area contributed by atoms with Crippen LogP contribution in [0.1, 0.15) is 5.56 Å². The van der Waals surface area contributed by atoms with Crippen LogP contribution in [0.5, 0.6) is 5.75 Å². The van der Waals surface area contributed by atoms with Gasteiger partial charge in [-0.25, -0.2) is 4.39 Å². The lowest BCUT2D eigenvalue weighted by Gasteiger charge is -2.10. The van der Waals surface area contributed by atoms with Gasteiger partial charge in [-0.05, 0) is 29.8 Å². The van der Waals surface area contributed by atoms with Gasteiger partial charge in [0, 0.05) is 10.5 Å². The summed E-state index contributed by atoms with van der Waals surface area (Å²) < 4.78 is 18.8. The van der Waals surface area contributed by atoms with Crippen molar-refractivity contribution < 1.29 is 19.2 Å². The molecule has 0 aliphatic carbocycles. The highest BCUT2D eigenvalue weighted by Crippen LogP contribution is 2.28. The molecule has 0 aliphatic heterocycles. The van der Waals surface area contributed by atoms with Gasteiger partial charge in [0.25, 0.3) is 0 Å². The van der Waals surface area contributed by atoms with Crippen molar-refractivity contribution in [2.45, 2.75) is 6.61 Å². The van der Waals surface area contributed by atoms with E-state index in [1.54, 1.807) is 18.2 Å². The Morgan fingerprint density at radius 3 is 2.50 bits per heavy atom. The molecule has 0 amide bonds. The second-order valence-corrected chi connectivity index (χ2v) is 4.94. The summed E-state index contributed by atoms with van der Waals surface area (Å²) in [6.45, 7) is 0.112. The van der Waals surface area contributed by atoms with Crippen molar-refractivity contribution >= 4 is 35.8 Å². The maximum absolute atomic E-state index is 13.3. The molecule has 7 heteroatoms. The first-order valence-corrected chi connectivity index (χ1v) is 6.45. The molecule has 2 rings (SSSR count). The van der Waals surface area contributed by atoms with Gasteiger partial charge in [-0.3, -0.25) is 0 Å². The van der Waals surface area contributed by atoms with E-state index < -0.39 is 12.9 Å². The molecule has 0 aromatic heterocycles. The minimum Gasteiger partial charge on any atom is -0.487 e. The minimum atomic E-state index is -1.87. The zero-order valence-electron chi connectivity index (χ0n) is 10.2. The van der Waals surface area contributed by atoms with Crippen LogP contribution in [0.25, 0.3) is 0 Å². The van der Waals surface area contributed by atoms with Crippen LogP contribution in [0.4, 0.5) is 4.39 Å². The topological polar surface area (TPSA) is 49.7 Å². The summed E-state index contributed by atoms with van der Waals surface area (Å²) in [6.07, 6.45) is 0. The van der Waals surface area contributed by atoms with Crippen molar-refractivity contribution in [3.63, 3.8) is 0 Å². The normalized spacial score (nSPS) is 10.4. The highest BCUT2D eigenvalue weighted by atomic mass is 35.5. The lowest BCUT2D eigenvalue weighted by Crippen LogP contribution is -2.33. The summed E-state index contributed by atoms with van der Waals surface area (Å²) in [5.74, 6) is -0.250. The number of benzene rings is 2. The second-order valence-electron chi connectivity index (χ2n) is 4.09. The lowest BCUT2D eigenvalue weighted by atomic mass is 9.79. The molecule has 2 aromatic carbocycles. The van der Waals surface area contributed by atoms with E-state index in [0.717, 1.165) is 6.07 Å². The molecule has 0 spiro atoms. The van der Waals surface area contributed by atoms with E-state index in [4.69, 9.17) is 38.0 Å². The van der Waals surface area contributed by atoms with E-state index in [1.165, 1.54) is 12.1 Å². The van der Waals surface area contributed by atoms with E-state index in [-0.39, 0.29) is 12.1 Å². The van der Waals surface area contributed by atoms with Crippen LogP contribution in [-0.2, 0) is 6.61 Å². The van der Waals surface area contributed by atoms with Gasteiger partial charge in [0.15, 0.2) is 0 Å². The molecule has 104 valence electrons. The number of hydrogen-bond acceptors (Lipinski definition) is 3. The molecule has 0 saturated heterocycles. The van der Waals surface area contributed by atoms with Gasteiger partial charge in [0.1, 0.15) is 18.2 Å². The van der Waals surface area contributed by atoms with Crippen LogP contribution in [0, 0.1) is 5.82 Å². The predicted octanol–water partition coefficient (Wildman–Crippen LogP) is 2.39. The number of ether oxygens (including phenoxy) is 1. The van der Waals surface area contributed by atoms with Gasteiger partial charge in [-0.15, -0.1) is 0 Å². The molecule has 2 N–H and O–H groups in total. The summed E-state index contributed by atoms with van der Waals surface area (Å²) in [4.78, 5) is 0. The quantitative estimate of drug-likeness (QED) is 0.852. The van der Waals surface area contributed by atoms with Gasteiger partial charge in [0.2, 0.25) is 0 Å². The molecule has 0 aliphatic rings. The largest absolute Gasteiger partial charge is 0.491 e. The average Bonchev–Trinajstić information content (AvgIpc) is 2.39. The van der Waals surface area contributed by atoms with Crippen LogP contribution in [0.2, 0.25) is 10.0 Å². The van der Waals surface area contributed by atoms with E-state index >= 15 is 0 Å². The fourth-order valence-corrected chi connectivity index (χ4v) is 2.10.